The van der Waals surface area contributed by atoms with Gasteiger partial charge in [-0.2, -0.15) is 0 Å². The van der Waals surface area contributed by atoms with Crippen LogP contribution in [0.2, 0.25) is 5.02 Å². The first-order valence-electron chi connectivity index (χ1n) is 7.87. The van der Waals surface area contributed by atoms with Gasteiger partial charge in [0, 0.05) is 25.3 Å². The Kier molecular flexibility index (Phi) is 6.91. The Balaban J connectivity index is 1.75. The molecular formula is C18H19ClN2O4. The van der Waals surface area contributed by atoms with E-state index < -0.39 is 4.92 Å². The number of halogens is 1. The van der Waals surface area contributed by atoms with Gasteiger partial charge in [0.2, 0.25) is 0 Å². The highest BCUT2D eigenvalue weighted by atomic mass is 35.5. The Morgan fingerprint density at radius 3 is 2.64 bits per heavy atom. The lowest BCUT2D eigenvalue weighted by molar-refractivity contribution is -0.384. The number of hydrogen-bond donors (Lipinski definition) is 1. The third-order valence-electron chi connectivity index (χ3n) is 3.65. The van der Waals surface area contributed by atoms with Crippen LogP contribution in [-0.4, -0.2) is 24.0 Å². The van der Waals surface area contributed by atoms with E-state index in [1.165, 1.54) is 18.2 Å². The van der Waals surface area contributed by atoms with Gasteiger partial charge in [-0.25, -0.2) is 0 Å². The highest BCUT2D eigenvalue weighted by Gasteiger charge is 2.14. The summed E-state index contributed by atoms with van der Waals surface area (Å²) in [4.78, 5) is 22.2. The molecule has 7 heteroatoms. The standard InChI is InChI=1S/C18H19ClN2O4/c1-13(14-6-3-2-4-7-14)25-11-5-10-20-18(22)16-9-8-15(21(23)24)12-17(16)19/h2-4,6-9,12-13H,5,10-11H2,1H3,(H,20,22)/t13-/m1/s1. The van der Waals surface area contributed by atoms with E-state index in [1.807, 2.05) is 37.3 Å². The Labute approximate surface area is 150 Å². The molecule has 0 unspecified atom stereocenters. The number of hydrogen-bond acceptors (Lipinski definition) is 4. The average molecular weight is 363 g/mol. The molecule has 25 heavy (non-hydrogen) atoms. The number of nitrogens with one attached hydrogen (secondary N) is 1. The number of rotatable bonds is 8. The van der Waals surface area contributed by atoms with E-state index in [4.69, 9.17) is 16.3 Å². The topological polar surface area (TPSA) is 81.5 Å². The lowest BCUT2D eigenvalue weighted by atomic mass is 10.1. The van der Waals surface area contributed by atoms with Crippen LogP contribution in [0.4, 0.5) is 5.69 Å². The minimum absolute atomic E-state index is 0.0129. The van der Waals surface area contributed by atoms with Gasteiger partial charge in [-0.15, -0.1) is 0 Å². The maximum Gasteiger partial charge on any atom is 0.270 e. The second-order valence-electron chi connectivity index (χ2n) is 5.45. The van der Waals surface area contributed by atoms with E-state index in [-0.39, 0.29) is 28.3 Å². The second kappa shape index (κ2) is 9.15. The monoisotopic (exact) mass is 362 g/mol. The van der Waals surface area contributed by atoms with Crippen molar-refractivity contribution in [2.75, 3.05) is 13.2 Å². The van der Waals surface area contributed by atoms with Gasteiger partial charge in [0.05, 0.1) is 21.6 Å². The maximum atomic E-state index is 12.1. The smallest absolute Gasteiger partial charge is 0.270 e. The van der Waals surface area contributed by atoms with Gasteiger partial charge in [-0.1, -0.05) is 41.9 Å². The van der Waals surface area contributed by atoms with Gasteiger partial charge in [0.15, 0.2) is 0 Å². The van der Waals surface area contributed by atoms with Crippen molar-refractivity contribution in [3.8, 4) is 0 Å². The van der Waals surface area contributed by atoms with Crippen molar-refractivity contribution in [1.29, 1.82) is 0 Å². The van der Waals surface area contributed by atoms with Gasteiger partial charge < -0.3 is 10.1 Å². The summed E-state index contributed by atoms with van der Waals surface area (Å²) in [7, 11) is 0. The van der Waals surface area contributed by atoms with Gasteiger partial charge in [0.25, 0.3) is 11.6 Å². The number of nitro benzene ring substituents is 1. The molecule has 1 amide bonds. The zero-order chi connectivity index (χ0) is 18.2. The summed E-state index contributed by atoms with van der Waals surface area (Å²) in [6.07, 6.45) is 0.633. The van der Waals surface area contributed by atoms with Crippen molar-refractivity contribution >= 4 is 23.2 Å². The highest BCUT2D eigenvalue weighted by Crippen LogP contribution is 2.22. The fraction of sp³-hybridized carbons (Fsp3) is 0.278. The van der Waals surface area contributed by atoms with E-state index >= 15 is 0 Å². The normalized spacial score (nSPS) is 11.8. The van der Waals surface area contributed by atoms with E-state index in [2.05, 4.69) is 5.32 Å². The van der Waals surface area contributed by atoms with Crippen molar-refractivity contribution in [2.45, 2.75) is 19.4 Å². The predicted molar refractivity (Wildman–Crippen MR) is 95.9 cm³/mol. The summed E-state index contributed by atoms with van der Waals surface area (Å²) in [6, 6.07) is 13.7. The Morgan fingerprint density at radius 1 is 1.28 bits per heavy atom. The van der Waals surface area contributed by atoms with Gasteiger partial charge >= 0.3 is 0 Å². The van der Waals surface area contributed by atoms with Crippen LogP contribution in [0.15, 0.2) is 48.5 Å². The van der Waals surface area contributed by atoms with Crippen LogP contribution in [0.3, 0.4) is 0 Å². The number of benzene rings is 2. The molecule has 1 atom stereocenters. The Bertz CT molecular complexity index is 737. The van der Waals surface area contributed by atoms with Gasteiger partial charge in [0.1, 0.15) is 0 Å². The van der Waals surface area contributed by atoms with Crippen molar-refractivity contribution in [3.05, 3.63) is 74.8 Å². The van der Waals surface area contributed by atoms with E-state index in [1.54, 1.807) is 0 Å². The molecule has 0 heterocycles. The van der Waals surface area contributed by atoms with Gasteiger partial charge in [-0.3, -0.25) is 14.9 Å². The van der Waals surface area contributed by atoms with Gasteiger partial charge in [-0.05, 0) is 25.0 Å². The maximum absolute atomic E-state index is 12.1. The van der Waals surface area contributed by atoms with Crippen molar-refractivity contribution in [3.63, 3.8) is 0 Å². The number of nitrogens with zero attached hydrogens (tertiary/aromatic N) is 1. The first-order valence-corrected chi connectivity index (χ1v) is 8.25. The number of amides is 1. The lowest BCUT2D eigenvalue weighted by Gasteiger charge is -2.13. The molecule has 0 fully saturated rings. The summed E-state index contributed by atoms with van der Waals surface area (Å²) in [5.41, 5.74) is 1.17. The fourth-order valence-corrected chi connectivity index (χ4v) is 2.51. The van der Waals surface area contributed by atoms with Crippen LogP contribution in [0, 0.1) is 10.1 Å². The van der Waals surface area contributed by atoms with Crippen LogP contribution in [0.5, 0.6) is 0 Å². The number of non-ortho nitro benzene ring substituents is 1. The molecule has 132 valence electrons. The third-order valence-corrected chi connectivity index (χ3v) is 3.96. The van der Waals surface area contributed by atoms with Crippen LogP contribution in [0.1, 0.15) is 35.4 Å². The van der Waals surface area contributed by atoms with Crippen molar-refractivity contribution < 1.29 is 14.5 Å². The Hall–Kier alpha value is -2.44. The average Bonchev–Trinajstić information content (AvgIpc) is 2.61. The second-order valence-corrected chi connectivity index (χ2v) is 5.86. The van der Waals surface area contributed by atoms with Crippen LogP contribution < -0.4 is 5.32 Å². The molecule has 2 aromatic rings. The summed E-state index contributed by atoms with van der Waals surface area (Å²) >= 11 is 5.93. The number of ether oxygens (including phenoxy) is 1. The molecular weight excluding hydrogens is 344 g/mol. The molecule has 1 N–H and O–H groups in total. The summed E-state index contributed by atoms with van der Waals surface area (Å²) in [5, 5.41) is 13.5. The predicted octanol–water partition coefficient (Wildman–Crippen LogP) is 4.15. The number of nitro groups is 1. The minimum atomic E-state index is -0.557. The molecule has 0 saturated heterocycles. The third kappa shape index (κ3) is 5.55. The van der Waals surface area contributed by atoms with E-state index in [0.29, 0.717) is 19.6 Å². The molecule has 2 aromatic carbocycles. The van der Waals surface area contributed by atoms with Crippen LogP contribution in [0.25, 0.3) is 0 Å². The van der Waals surface area contributed by atoms with E-state index in [0.717, 1.165) is 5.56 Å². The minimum Gasteiger partial charge on any atom is -0.374 e. The molecule has 0 aliphatic heterocycles. The largest absolute Gasteiger partial charge is 0.374 e. The summed E-state index contributed by atoms with van der Waals surface area (Å²) in [5.74, 6) is -0.365. The van der Waals surface area contributed by atoms with E-state index in [9.17, 15) is 14.9 Å². The SMILES string of the molecule is C[C@@H](OCCCNC(=O)c1ccc([N+](=O)[O-])cc1Cl)c1ccccc1. The van der Waals surface area contributed by atoms with Crippen LogP contribution >= 0.6 is 11.6 Å². The quantitative estimate of drug-likeness (QED) is 0.434. The first-order chi connectivity index (χ1) is 12.0. The molecule has 0 spiro atoms. The Morgan fingerprint density at radius 2 is 2.00 bits per heavy atom. The zero-order valence-corrected chi connectivity index (χ0v) is 14.5. The van der Waals surface area contributed by atoms with Crippen molar-refractivity contribution in [2.24, 2.45) is 0 Å². The highest BCUT2D eigenvalue weighted by molar-refractivity contribution is 6.34. The first kappa shape index (κ1) is 18.9. The number of carbonyl (C=O) groups excluding carboxylic acids is 1. The molecule has 0 aromatic heterocycles. The van der Waals surface area contributed by atoms with Crippen molar-refractivity contribution in [1.82, 2.24) is 5.32 Å². The summed E-state index contributed by atoms with van der Waals surface area (Å²) in [6.45, 7) is 2.91. The summed E-state index contributed by atoms with van der Waals surface area (Å²) < 4.78 is 5.73. The lowest BCUT2D eigenvalue weighted by Crippen LogP contribution is -2.25. The molecule has 0 bridgehead atoms. The molecule has 0 radical (unpaired) electrons. The molecule has 0 aliphatic rings. The zero-order valence-electron chi connectivity index (χ0n) is 13.8. The molecule has 6 nitrogen and oxygen atoms in total. The number of carbonyl (C=O) groups is 1. The fourth-order valence-electron chi connectivity index (χ4n) is 2.25. The van der Waals surface area contributed by atoms with Crippen LogP contribution in [-0.2, 0) is 4.74 Å². The molecule has 0 saturated carbocycles. The molecule has 2 rings (SSSR count). The molecule has 0 aliphatic carbocycles.